The first-order valence-corrected chi connectivity index (χ1v) is 9.38. The maximum atomic E-state index is 12.2. The molecule has 2 amide bonds. The van der Waals surface area contributed by atoms with Gasteiger partial charge in [0, 0.05) is 18.1 Å². The van der Waals surface area contributed by atoms with Gasteiger partial charge < -0.3 is 25.4 Å². The lowest BCUT2D eigenvalue weighted by atomic mass is 9.92. The molecule has 0 aliphatic rings. The summed E-state index contributed by atoms with van der Waals surface area (Å²) in [6.45, 7) is 3.81. The fourth-order valence-electron chi connectivity index (χ4n) is 3.17. The van der Waals surface area contributed by atoms with E-state index in [9.17, 15) is 9.59 Å². The number of hydrogen-bond donors (Lipinski definition) is 2. The van der Waals surface area contributed by atoms with Gasteiger partial charge in [-0.1, -0.05) is 0 Å². The maximum Gasteiger partial charge on any atom is 0.252 e. The maximum absolute atomic E-state index is 12.2. The molecule has 4 N–H and O–H groups in total. The van der Waals surface area contributed by atoms with E-state index in [2.05, 4.69) is 4.98 Å². The molecule has 2 heterocycles. The topological polar surface area (TPSA) is 131 Å². The van der Waals surface area contributed by atoms with Gasteiger partial charge in [0.1, 0.15) is 23.7 Å². The van der Waals surface area contributed by atoms with Gasteiger partial charge in [-0.2, -0.15) is 0 Å². The van der Waals surface area contributed by atoms with Crippen LogP contribution in [0.1, 0.15) is 38.2 Å². The van der Waals surface area contributed by atoms with Crippen molar-refractivity contribution in [3.8, 4) is 5.75 Å². The summed E-state index contributed by atoms with van der Waals surface area (Å²) in [5.74, 6) is -1.35. The van der Waals surface area contributed by atoms with E-state index in [-0.39, 0.29) is 18.8 Å². The molecule has 1 atom stereocenters. The smallest absolute Gasteiger partial charge is 0.252 e. The van der Waals surface area contributed by atoms with Crippen molar-refractivity contribution < 1.29 is 23.5 Å². The lowest BCUT2D eigenvalue weighted by molar-refractivity contribution is -0.120. The summed E-state index contributed by atoms with van der Waals surface area (Å²) in [5, 5.41) is 0.421. The summed E-state index contributed by atoms with van der Waals surface area (Å²) in [7, 11) is 1.47. The Balaban J connectivity index is 2.20. The average Bonchev–Trinajstić information content (AvgIpc) is 3.19. The van der Waals surface area contributed by atoms with E-state index in [1.165, 1.54) is 18.4 Å². The highest BCUT2D eigenvalue weighted by Gasteiger charge is 2.30. The first-order valence-electron chi connectivity index (χ1n) is 8.51. The number of amides is 2. The molecule has 0 saturated carbocycles. The van der Waals surface area contributed by atoms with Crippen LogP contribution < -0.4 is 16.2 Å². The molecular formula is C19H21N3O5S. The second kappa shape index (κ2) is 7.99. The van der Waals surface area contributed by atoms with Crippen LogP contribution in [-0.4, -0.2) is 30.5 Å². The Labute approximate surface area is 165 Å². The second-order valence-electron chi connectivity index (χ2n) is 6.31. The zero-order chi connectivity index (χ0) is 20.4. The highest BCUT2D eigenvalue weighted by molar-refractivity contribution is 7.09. The van der Waals surface area contributed by atoms with E-state index >= 15 is 0 Å². The van der Waals surface area contributed by atoms with Crippen molar-refractivity contribution >= 4 is 34.1 Å². The van der Waals surface area contributed by atoms with Crippen LogP contribution in [0.15, 0.2) is 22.1 Å². The van der Waals surface area contributed by atoms with E-state index < -0.39 is 17.7 Å². The van der Waals surface area contributed by atoms with Crippen molar-refractivity contribution in [2.45, 2.75) is 26.4 Å². The number of methoxy groups -OCH3 is 1. The Kier molecular flexibility index (Phi) is 5.66. The number of aryl methyl sites for hydroxylation is 2. The van der Waals surface area contributed by atoms with Crippen LogP contribution >= 0.6 is 11.3 Å². The van der Waals surface area contributed by atoms with Gasteiger partial charge in [-0.25, -0.2) is 4.98 Å². The highest BCUT2D eigenvalue weighted by atomic mass is 32.1. The minimum absolute atomic E-state index is 0.0207. The number of fused-ring (bicyclic) bond motifs is 1. The summed E-state index contributed by atoms with van der Waals surface area (Å²) >= 11 is 1.47. The first-order chi connectivity index (χ1) is 13.3. The predicted molar refractivity (Wildman–Crippen MR) is 104 cm³/mol. The molecule has 1 unspecified atom stereocenters. The molecule has 0 spiro atoms. The second-order valence-corrected chi connectivity index (χ2v) is 7.25. The Hall–Kier alpha value is -2.91. The Morgan fingerprint density at radius 1 is 1.29 bits per heavy atom. The van der Waals surface area contributed by atoms with Crippen molar-refractivity contribution in [3.63, 3.8) is 0 Å². The van der Waals surface area contributed by atoms with Crippen LogP contribution in [0.3, 0.4) is 0 Å². The fourth-order valence-corrected chi connectivity index (χ4v) is 3.85. The van der Waals surface area contributed by atoms with Crippen LogP contribution in [0.25, 0.3) is 11.0 Å². The van der Waals surface area contributed by atoms with Gasteiger partial charge in [-0.3, -0.25) is 9.59 Å². The standard InChI is InChI=1S/C19H21N3O5S/c1-9-14(28-8-22-9)7-26-12-4-5-13-17(15(19(21)24)10(2)27-13)16(12)11(6-25-3)18(20)23/h4-5,8,11H,6-7H2,1-3H3,(H2,20,23)(H2,21,24). The third-order valence-corrected chi connectivity index (χ3v) is 5.42. The van der Waals surface area contributed by atoms with Gasteiger partial charge >= 0.3 is 0 Å². The molecule has 0 saturated heterocycles. The number of benzene rings is 1. The van der Waals surface area contributed by atoms with Gasteiger partial charge in [-0.05, 0) is 26.0 Å². The molecule has 0 aliphatic carbocycles. The lowest BCUT2D eigenvalue weighted by Crippen LogP contribution is -2.26. The van der Waals surface area contributed by atoms with Gasteiger partial charge in [0.25, 0.3) is 5.91 Å². The molecule has 9 heteroatoms. The first kappa shape index (κ1) is 19.8. The molecule has 0 aliphatic heterocycles. The molecular weight excluding hydrogens is 382 g/mol. The lowest BCUT2D eigenvalue weighted by Gasteiger charge is -2.19. The van der Waals surface area contributed by atoms with Crippen LogP contribution in [-0.2, 0) is 16.1 Å². The zero-order valence-corrected chi connectivity index (χ0v) is 16.6. The summed E-state index contributed by atoms with van der Waals surface area (Å²) in [6.07, 6.45) is 0. The Morgan fingerprint density at radius 3 is 2.61 bits per heavy atom. The van der Waals surface area contributed by atoms with Gasteiger partial charge in [0.2, 0.25) is 5.91 Å². The van der Waals surface area contributed by atoms with Crippen LogP contribution in [0, 0.1) is 13.8 Å². The van der Waals surface area contributed by atoms with Gasteiger partial charge in [-0.15, -0.1) is 11.3 Å². The molecule has 0 fully saturated rings. The summed E-state index contributed by atoms with van der Waals surface area (Å²) in [5.41, 5.74) is 14.9. The molecule has 0 bridgehead atoms. The third kappa shape index (κ3) is 3.58. The number of carbonyl (C=O) groups excluding carboxylic acids is 2. The number of thiazole rings is 1. The van der Waals surface area contributed by atoms with Crippen LogP contribution in [0.4, 0.5) is 0 Å². The third-order valence-electron chi connectivity index (χ3n) is 4.51. The Bertz CT molecular complexity index is 1040. The summed E-state index contributed by atoms with van der Waals surface area (Å²) in [6, 6.07) is 3.37. The van der Waals surface area contributed by atoms with Gasteiger partial charge in [0.15, 0.2) is 0 Å². The fraction of sp³-hybridized carbons (Fsp3) is 0.316. The number of aromatic nitrogens is 1. The highest BCUT2D eigenvalue weighted by Crippen LogP contribution is 2.39. The van der Waals surface area contributed by atoms with Crippen molar-refractivity contribution in [3.05, 3.63) is 45.1 Å². The number of furan rings is 1. The van der Waals surface area contributed by atoms with E-state index in [1.807, 2.05) is 6.92 Å². The van der Waals surface area contributed by atoms with Crippen molar-refractivity contribution in [2.24, 2.45) is 11.5 Å². The van der Waals surface area contributed by atoms with Crippen LogP contribution in [0.5, 0.6) is 5.75 Å². The molecule has 0 radical (unpaired) electrons. The molecule has 1 aromatic carbocycles. The largest absolute Gasteiger partial charge is 0.488 e. The molecule has 28 heavy (non-hydrogen) atoms. The number of primary amides is 2. The van der Waals surface area contributed by atoms with E-state index in [4.69, 9.17) is 25.4 Å². The Morgan fingerprint density at radius 2 is 2.04 bits per heavy atom. The minimum atomic E-state index is -0.846. The molecule has 3 rings (SSSR count). The normalized spacial score (nSPS) is 12.2. The average molecular weight is 403 g/mol. The minimum Gasteiger partial charge on any atom is -0.488 e. The van der Waals surface area contributed by atoms with E-state index in [1.54, 1.807) is 24.6 Å². The van der Waals surface area contributed by atoms with Crippen molar-refractivity contribution in [1.82, 2.24) is 4.98 Å². The summed E-state index contributed by atoms with van der Waals surface area (Å²) < 4.78 is 16.9. The summed E-state index contributed by atoms with van der Waals surface area (Å²) in [4.78, 5) is 29.4. The number of nitrogens with zero attached hydrogens (tertiary/aromatic N) is 1. The number of rotatable bonds is 8. The quantitative estimate of drug-likeness (QED) is 0.594. The monoisotopic (exact) mass is 403 g/mol. The van der Waals surface area contributed by atoms with Gasteiger partial charge in [0.05, 0.1) is 34.2 Å². The molecule has 8 nitrogen and oxygen atoms in total. The molecule has 3 aromatic rings. The van der Waals surface area contributed by atoms with E-state index in [0.717, 1.165) is 10.6 Å². The number of nitrogens with two attached hydrogens (primary N) is 2. The van der Waals surface area contributed by atoms with Crippen molar-refractivity contribution in [1.29, 1.82) is 0 Å². The number of hydrogen-bond acceptors (Lipinski definition) is 7. The van der Waals surface area contributed by atoms with Crippen LogP contribution in [0.2, 0.25) is 0 Å². The van der Waals surface area contributed by atoms with Crippen molar-refractivity contribution in [2.75, 3.05) is 13.7 Å². The predicted octanol–water partition coefficient (Wildman–Crippen LogP) is 2.40. The SMILES string of the molecule is COCC(C(N)=O)c1c(OCc2scnc2C)ccc2oc(C)c(C(N)=O)c12. The van der Waals surface area contributed by atoms with E-state index in [0.29, 0.717) is 28.0 Å². The molecule has 2 aromatic heterocycles. The number of ether oxygens (including phenoxy) is 2. The molecule has 148 valence electrons. The number of carbonyl (C=O) groups is 2. The zero-order valence-electron chi connectivity index (χ0n) is 15.8.